The Labute approximate surface area is 128 Å². The van der Waals surface area contributed by atoms with E-state index in [1.165, 1.54) is 19.3 Å². The quantitative estimate of drug-likeness (QED) is 0.914. The molecule has 1 aliphatic heterocycles. The molecular weight excluding hydrogens is 282 g/mol. The topological polar surface area (TPSA) is 80.9 Å². The van der Waals surface area contributed by atoms with Crippen LogP contribution >= 0.6 is 0 Å². The maximum absolute atomic E-state index is 12.4. The molecule has 8 heteroatoms. The van der Waals surface area contributed by atoms with E-state index in [4.69, 9.17) is 0 Å². The van der Waals surface area contributed by atoms with Gasteiger partial charge in [0.15, 0.2) is 0 Å². The summed E-state index contributed by atoms with van der Waals surface area (Å²) in [6.45, 7) is 2.06. The molecule has 0 bridgehead atoms. The second-order valence-electron chi connectivity index (χ2n) is 5.95. The van der Waals surface area contributed by atoms with Gasteiger partial charge in [0.2, 0.25) is 0 Å². The first-order valence-corrected chi connectivity index (χ1v) is 7.77. The van der Waals surface area contributed by atoms with Crippen LogP contribution in [-0.2, 0) is 13.1 Å². The predicted octanol–water partition coefficient (Wildman–Crippen LogP) is 1.64. The molecule has 0 radical (unpaired) electrons. The summed E-state index contributed by atoms with van der Waals surface area (Å²) in [6, 6.07) is 0.409. The summed E-state index contributed by atoms with van der Waals surface area (Å²) < 4.78 is 3.82. The van der Waals surface area contributed by atoms with Gasteiger partial charge in [0.25, 0.3) is 0 Å². The smallest absolute Gasteiger partial charge is 0.319 e. The molecule has 0 spiro atoms. The van der Waals surface area contributed by atoms with Crippen molar-refractivity contribution in [2.24, 2.45) is 0 Å². The number of aromatic nitrogens is 5. The second kappa shape index (κ2) is 5.43. The Morgan fingerprint density at radius 3 is 2.95 bits per heavy atom. The molecule has 8 nitrogen and oxygen atoms in total. The van der Waals surface area contributed by atoms with Crippen LogP contribution < -0.4 is 5.32 Å². The van der Waals surface area contributed by atoms with Crippen LogP contribution in [0.4, 0.5) is 10.5 Å². The summed E-state index contributed by atoms with van der Waals surface area (Å²) in [6.07, 6.45) is 9.87. The molecule has 2 aromatic heterocycles. The number of urea groups is 1. The molecule has 116 valence electrons. The largest absolute Gasteiger partial charge is 0.322 e. The second-order valence-corrected chi connectivity index (χ2v) is 5.95. The van der Waals surface area contributed by atoms with Crippen LogP contribution in [0.2, 0.25) is 0 Å². The maximum atomic E-state index is 12.4. The number of hydrogen-bond donors (Lipinski definition) is 1. The van der Waals surface area contributed by atoms with Gasteiger partial charge in [0, 0.05) is 19.3 Å². The summed E-state index contributed by atoms with van der Waals surface area (Å²) in [4.78, 5) is 14.2. The Kier molecular flexibility index (Phi) is 3.28. The standard InChI is InChI=1S/C14H19N7O/c22-14(17-11-7-16-21(9-11)12-3-1-4-12)19-5-2-6-20-13(10-19)8-15-18-20/h7-9,12H,1-6,10H2,(H,17,22). The van der Waals surface area contributed by atoms with Crippen molar-refractivity contribution in [2.45, 2.75) is 44.8 Å². The van der Waals surface area contributed by atoms with Crippen LogP contribution in [-0.4, -0.2) is 42.3 Å². The molecule has 0 saturated heterocycles. The lowest BCUT2D eigenvalue weighted by Gasteiger charge is -2.25. The molecule has 2 aromatic rings. The minimum atomic E-state index is -0.0946. The Morgan fingerprint density at radius 2 is 2.14 bits per heavy atom. The van der Waals surface area contributed by atoms with Gasteiger partial charge in [0.1, 0.15) is 0 Å². The fourth-order valence-corrected chi connectivity index (χ4v) is 2.91. The molecule has 2 aliphatic rings. The molecule has 1 saturated carbocycles. The molecule has 2 amide bonds. The number of rotatable bonds is 2. The van der Waals surface area contributed by atoms with Crippen LogP contribution in [0.15, 0.2) is 18.6 Å². The SMILES string of the molecule is O=C(Nc1cnn(C2CCC2)c1)N1CCCn2nncc2C1. The third-order valence-electron chi connectivity index (χ3n) is 4.44. The third-order valence-corrected chi connectivity index (χ3v) is 4.44. The number of carbonyl (C=O) groups excluding carboxylic acids is 1. The van der Waals surface area contributed by atoms with Crippen molar-refractivity contribution >= 4 is 11.7 Å². The van der Waals surface area contributed by atoms with Gasteiger partial charge >= 0.3 is 6.03 Å². The average Bonchev–Trinajstić information content (AvgIpc) is 3.02. The number of fused-ring (bicyclic) bond motifs is 1. The Balaban J connectivity index is 1.42. The van der Waals surface area contributed by atoms with Crippen molar-refractivity contribution in [3.63, 3.8) is 0 Å². The molecule has 22 heavy (non-hydrogen) atoms. The fraction of sp³-hybridized carbons (Fsp3) is 0.571. The molecule has 0 aromatic carbocycles. The van der Waals surface area contributed by atoms with Gasteiger partial charge < -0.3 is 10.2 Å². The van der Waals surface area contributed by atoms with E-state index in [0.29, 0.717) is 19.1 Å². The monoisotopic (exact) mass is 301 g/mol. The van der Waals surface area contributed by atoms with Gasteiger partial charge in [-0.05, 0) is 25.7 Å². The minimum absolute atomic E-state index is 0.0946. The number of nitrogens with zero attached hydrogens (tertiary/aromatic N) is 6. The maximum Gasteiger partial charge on any atom is 0.322 e. The first-order chi connectivity index (χ1) is 10.8. The highest BCUT2D eigenvalue weighted by Crippen LogP contribution is 2.31. The highest BCUT2D eigenvalue weighted by Gasteiger charge is 2.22. The van der Waals surface area contributed by atoms with Crippen LogP contribution in [0.3, 0.4) is 0 Å². The summed E-state index contributed by atoms with van der Waals surface area (Å²) in [5.41, 5.74) is 1.73. The molecule has 1 N–H and O–H groups in total. The van der Waals surface area contributed by atoms with Gasteiger partial charge in [0.05, 0.1) is 36.4 Å². The zero-order valence-corrected chi connectivity index (χ0v) is 12.4. The number of nitrogens with one attached hydrogen (secondary N) is 1. The first-order valence-electron chi connectivity index (χ1n) is 7.77. The first kappa shape index (κ1) is 13.3. The van der Waals surface area contributed by atoms with E-state index in [0.717, 1.165) is 24.3 Å². The Hall–Kier alpha value is -2.38. The molecule has 4 rings (SSSR count). The van der Waals surface area contributed by atoms with Crippen molar-refractivity contribution in [3.8, 4) is 0 Å². The molecule has 0 atom stereocenters. The molecule has 0 unspecified atom stereocenters. The lowest BCUT2D eigenvalue weighted by Crippen LogP contribution is -2.34. The van der Waals surface area contributed by atoms with Crippen molar-refractivity contribution in [2.75, 3.05) is 11.9 Å². The summed E-state index contributed by atoms with van der Waals surface area (Å²) >= 11 is 0. The number of carbonyl (C=O) groups is 1. The zero-order valence-electron chi connectivity index (χ0n) is 12.4. The lowest BCUT2D eigenvalue weighted by atomic mass is 9.93. The minimum Gasteiger partial charge on any atom is -0.319 e. The zero-order chi connectivity index (χ0) is 14.9. The van der Waals surface area contributed by atoms with E-state index in [2.05, 4.69) is 20.7 Å². The van der Waals surface area contributed by atoms with Crippen molar-refractivity contribution in [3.05, 3.63) is 24.3 Å². The predicted molar refractivity (Wildman–Crippen MR) is 79.2 cm³/mol. The van der Waals surface area contributed by atoms with E-state index in [1.54, 1.807) is 17.3 Å². The van der Waals surface area contributed by atoms with Crippen LogP contribution in [0.1, 0.15) is 37.4 Å². The van der Waals surface area contributed by atoms with Crippen LogP contribution in [0.25, 0.3) is 0 Å². The van der Waals surface area contributed by atoms with Gasteiger partial charge in [-0.15, -0.1) is 5.10 Å². The van der Waals surface area contributed by atoms with Crippen molar-refractivity contribution < 1.29 is 4.79 Å². The number of anilines is 1. The van der Waals surface area contributed by atoms with Crippen molar-refractivity contribution in [1.82, 2.24) is 29.7 Å². The molecular formula is C14H19N7O. The molecule has 1 fully saturated rings. The highest BCUT2D eigenvalue weighted by atomic mass is 16.2. The van der Waals surface area contributed by atoms with Crippen LogP contribution in [0.5, 0.6) is 0 Å². The normalized spacial score (nSPS) is 18.5. The van der Waals surface area contributed by atoms with E-state index < -0.39 is 0 Å². The molecule has 1 aliphatic carbocycles. The number of hydrogen-bond acceptors (Lipinski definition) is 4. The summed E-state index contributed by atoms with van der Waals surface area (Å²) in [7, 11) is 0. The van der Waals surface area contributed by atoms with Crippen molar-refractivity contribution in [1.29, 1.82) is 0 Å². The van der Waals surface area contributed by atoms with E-state index in [1.807, 2.05) is 15.6 Å². The lowest BCUT2D eigenvalue weighted by molar-refractivity contribution is 0.210. The number of aryl methyl sites for hydroxylation is 1. The van der Waals surface area contributed by atoms with E-state index >= 15 is 0 Å². The van der Waals surface area contributed by atoms with Gasteiger partial charge in [-0.2, -0.15) is 5.10 Å². The van der Waals surface area contributed by atoms with E-state index in [-0.39, 0.29) is 6.03 Å². The summed E-state index contributed by atoms with van der Waals surface area (Å²) in [5.74, 6) is 0. The van der Waals surface area contributed by atoms with E-state index in [9.17, 15) is 4.79 Å². The van der Waals surface area contributed by atoms with Gasteiger partial charge in [-0.25, -0.2) is 9.48 Å². The Bertz CT molecular complexity index is 672. The number of amides is 2. The van der Waals surface area contributed by atoms with Crippen LogP contribution in [0, 0.1) is 0 Å². The Morgan fingerprint density at radius 1 is 1.23 bits per heavy atom. The summed E-state index contributed by atoms with van der Waals surface area (Å²) in [5, 5.41) is 15.2. The average molecular weight is 301 g/mol. The highest BCUT2D eigenvalue weighted by molar-refractivity contribution is 5.89. The molecule has 3 heterocycles. The fourth-order valence-electron chi connectivity index (χ4n) is 2.91. The van der Waals surface area contributed by atoms with Gasteiger partial charge in [-0.1, -0.05) is 5.21 Å². The third kappa shape index (κ3) is 2.44. The van der Waals surface area contributed by atoms with Gasteiger partial charge in [-0.3, -0.25) is 4.68 Å².